The highest BCUT2D eigenvalue weighted by Crippen LogP contribution is 2.26. The molecule has 1 aliphatic rings. The minimum absolute atomic E-state index is 0.230. The second kappa shape index (κ2) is 6.96. The number of likely N-dealkylation sites (tertiary alicyclic amines) is 1. The fraction of sp³-hybridized carbons (Fsp3) is 0.368. The van der Waals surface area contributed by atoms with Crippen LogP contribution in [0.2, 0.25) is 0 Å². The number of hydrogen-bond acceptors (Lipinski definition) is 3. The number of hydrogen-bond donors (Lipinski definition) is 0. The lowest BCUT2D eigenvalue weighted by Crippen LogP contribution is -2.35. The number of fused-ring (bicyclic) bond motifs is 1. The number of imidazole rings is 1. The first-order valence-corrected chi connectivity index (χ1v) is 9.58. The first-order valence-electron chi connectivity index (χ1n) is 8.70. The Balaban J connectivity index is 1.51. The van der Waals surface area contributed by atoms with Gasteiger partial charge in [-0.05, 0) is 37.8 Å². The largest absolute Gasteiger partial charge is 0.343 e. The smallest absolute Gasteiger partial charge is 0.222 e. The number of piperidine rings is 1. The number of carbonyl (C=O) groups excluding carboxylic acids is 1. The van der Waals surface area contributed by atoms with Crippen molar-refractivity contribution >= 4 is 22.2 Å². The number of amides is 1. The zero-order valence-corrected chi connectivity index (χ0v) is 14.8. The predicted molar refractivity (Wildman–Crippen MR) is 97.2 cm³/mol. The Kier molecular flexibility index (Phi) is 4.53. The van der Waals surface area contributed by atoms with E-state index in [0.29, 0.717) is 24.1 Å². The molecule has 4 rings (SSSR count). The molecule has 1 aromatic carbocycles. The normalized spacial score (nSPS) is 15.0. The van der Waals surface area contributed by atoms with Crippen molar-refractivity contribution in [2.75, 3.05) is 13.1 Å². The molecule has 3 aromatic rings. The second-order valence-electron chi connectivity index (χ2n) is 6.43. The molecule has 0 radical (unpaired) electrons. The molecule has 2 aromatic heterocycles. The highest BCUT2D eigenvalue weighted by Gasteiger charge is 2.17. The Labute approximate surface area is 149 Å². The number of aryl methyl sites for hydroxylation is 1. The monoisotopic (exact) mass is 357 g/mol. The Morgan fingerprint density at radius 3 is 2.80 bits per heavy atom. The van der Waals surface area contributed by atoms with Crippen LogP contribution in [-0.4, -0.2) is 33.3 Å². The van der Waals surface area contributed by atoms with E-state index < -0.39 is 0 Å². The van der Waals surface area contributed by atoms with Crippen molar-refractivity contribution in [1.82, 2.24) is 14.3 Å². The molecular formula is C19H20FN3OS. The quantitative estimate of drug-likeness (QED) is 0.703. The molecular weight excluding hydrogens is 337 g/mol. The molecule has 0 unspecified atom stereocenters. The van der Waals surface area contributed by atoms with Crippen molar-refractivity contribution in [3.63, 3.8) is 0 Å². The lowest BCUT2D eigenvalue weighted by atomic mass is 10.1. The van der Waals surface area contributed by atoms with Crippen LogP contribution in [0, 0.1) is 5.82 Å². The third kappa shape index (κ3) is 3.31. The van der Waals surface area contributed by atoms with Crippen molar-refractivity contribution in [2.24, 2.45) is 0 Å². The summed E-state index contributed by atoms with van der Waals surface area (Å²) in [5.74, 6) is -0.0384. The summed E-state index contributed by atoms with van der Waals surface area (Å²) in [6.45, 7) is 1.78. The maximum atomic E-state index is 14.0. The van der Waals surface area contributed by atoms with Gasteiger partial charge in [0.2, 0.25) is 5.91 Å². The zero-order chi connectivity index (χ0) is 17.2. The van der Waals surface area contributed by atoms with Gasteiger partial charge in [0.05, 0.1) is 5.69 Å². The average molecular weight is 357 g/mol. The zero-order valence-electron chi connectivity index (χ0n) is 13.9. The van der Waals surface area contributed by atoms with E-state index in [-0.39, 0.29) is 11.7 Å². The Hall–Kier alpha value is -2.21. The van der Waals surface area contributed by atoms with Crippen molar-refractivity contribution in [3.8, 4) is 11.3 Å². The van der Waals surface area contributed by atoms with Crippen molar-refractivity contribution in [2.45, 2.75) is 32.1 Å². The topological polar surface area (TPSA) is 37.6 Å². The van der Waals surface area contributed by atoms with Gasteiger partial charge >= 0.3 is 0 Å². The summed E-state index contributed by atoms with van der Waals surface area (Å²) >= 11 is 1.53. The van der Waals surface area contributed by atoms with Gasteiger partial charge < -0.3 is 4.90 Å². The summed E-state index contributed by atoms with van der Waals surface area (Å²) in [5.41, 5.74) is 2.20. The van der Waals surface area contributed by atoms with Crippen molar-refractivity contribution in [1.29, 1.82) is 0 Å². The Morgan fingerprint density at radius 2 is 2.00 bits per heavy atom. The standard InChI is InChI=1S/C19H20FN3OS/c20-16-7-3-2-6-15(16)17-12-23-14(13-25-19(23)21-17)8-9-18(24)22-10-4-1-5-11-22/h2-3,6-7,12-13H,1,4-5,8-11H2. The molecule has 1 fully saturated rings. The molecule has 0 spiro atoms. The predicted octanol–water partition coefficient (Wildman–Crippen LogP) is 4.15. The van der Waals surface area contributed by atoms with Crippen LogP contribution in [0.4, 0.5) is 4.39 Å². The molecule has 1 saturated heterocycles. The van der Waals surface area contributed by atoms with Crippen LogP contribution in [0.15, 0.2) is 35.8 Å². The van der Waals surface area contributed by atoms with E-state index in [4.69, 9.17) is 0 Å². The molecule has 0 atom stereocenters. The van der Waals surface area contributed by atoms with E-state index in [1.807, 2.05) is 26.9 Å². The third-order valence-corrected chi connectivity index (χ3v) is 5.63. The fourth-order valence-corrected chi connectivity index (χ4v) is 4.25. The van der Waals surface area contributed by atoms with E-state index >= 15 is 0 Å². The summed E-state index contributed by atoms with van der Waals surface area (Å²) < 4.78 is 16.0. The van der Waals surface area contributed by atoms with Gasteiger partial charge in [-0.1, -0.05) is 12.1 Å². The van der Waals surface area contributed by atoms with E-state index in [0.717, 1.165) is 36.6 Å². The van der Waals surface area contributed by atoms with Crippen LogP contribution in [0.5, 0.6) is 0 Å². The van der Waals surface area contributed by atoms with Gasteiger partial charge in [0, 0.05) is 42.3 Å². The van der Waals surface area contributed by atoms with Crippen LogP contribution < -0.4 is 0 Å². The number of carbonyl (C=O) groups is 1. The maximum Gasteiger partial charge on any atom is 0.222 e. The molecule has 0 saturated carbocycles. The van der Waals surface area contributed by atoms with Gasteiger partial charge in [0.1, 0.15) is 5.82 Å². The summed E-state index contributed by atoms with van der Waals surface area (Å²) in [5, 5.41) is 2.04. The van der Waals surface area contributed by atoms with Gasteiger partial charge in [0.25, 0.3) is 0 Å². The molecule has 3 heterocycles. The molecule has 0 N–H and O–H groups in total. The van der Waals surface area contributed by atoms with E-state index in [1.54, 1.807) is 12.1 Å². The number of nitrogens with zero attached hydrogens (tertiary/aromatic N) is 3. The highest BCUT2D eigenvalue weighted by molar-refractivity contribution is 7.15. The average Bonchev–Trinajstić information content (AvgIpc) is 3.22. The van der Waals surface area contributed by atoms with Gasteiger partial charge in [-0.2, -0.15) is 0 Å². The number of halogens is 1. The second-order valence-corrected chi connectivity index (χ2v) is 7.26. The van der Waals surface area contributed by atoms with Gasteiger partial charge in [-0.3, -0.25) is 9.20 Å². The summed E-state index contributed by atoms with van der Waals surface area (Å²) in [4.78, 5) is 19.7. The van der Waals surface area contributed by atoms with E-state index in [2.05, 4.69) is 4.98 Å². The SMILES string of the molecule is O=C(CCc1csc2nc(-c3ccccc3F)cn12)N1CCCCC1. The number of benzene rings is 1. The first-order chi connectivity index (χ1) is 12.2. The van der Waals surface area contributed by atoms with Crippen molar-refractivity contribution in [3.05, 3.63) is 47.4 Å². The fourth-order valence-electron chi connectivity index (χ4n) is 3.34. The number of aromatic nitrogens is 2. The van der Waals surface area contributed by atoms with Crippen LogP contribution in [0.25, 0.3) is 16.2 Å². The summed E-state index contributed by atoms with van der Waals surface area (Å²) in [7, 11) is 0. The van der Waals surface area contributed by atoms with Gasteiger partial charge in [-0.15, -0.1) is 11.3 Å². The van der Waals surface area contributed by atoms with Crippen molar-refractivity contribution < 1.29 is 9.18 Å². The Bertz CT molecular complexity index is 895. The molecule has 0 bridgehead atoms. The maximum absolute atomic E-state index is 14.0. The molecule has 25 heavy (non-hydrogen) atoms. The summed E-state index contributed by atoms with van der Waals surface area (Å²) in [6.07, 6.45) is 6.51. The molecule has 6 heteroatoms. The molecule has 1 amide bonds. The van der Waals surface area contributed by atoms with Crippen LogP contribution in [-0.2, 0) is 11.2 Å². The van der Waals surface area contributed by atoms with Crippen LogP contribution in [0.1, 0.15) is 31.4 Å². The van der Waals surface area contributed by atoms with Gasteiger partial charge in [0.15, 0.2) is 4.96 Å². The molecule has 1 aliphatic heterocycles. The van der Waals surface area contributed by atoms with Gasteiger partial charge in [-0.25, -0.2) is 9.37 Å². The van der Waals surface area contributed by atoms with E-state index in [1.165, 1.54) is 23.8 Å². The lowest BCUT2D eigenvalue weighted by Gasteiger charge is -2.26. The molecule has 4 nitrogen and oxygen atoms in total. The molecule has 130 valence electrons. The first kappa shape index (κ1) is 16.3. The number of thiazole rings is 1. The third-order valence-electron chi connectivity index (χ3n) is 4.74. The summed E-state index contributed by atoms with van der Waals surface area (Å²) in [6, 6.07) is 6.67. The minimum Gasteiger partial charge on any atom is -0.343 e. The van der Waals surface area contributed by atoms with Crippen LogP contribution >= 0.6 is 11.3 Å². The van der Waals surface area contributed by atoms with Crippen LogP contribution in [0.3, 0.4) is 0 Å². The Morgan fingerprint density at radius 1 is 1.20 bits per heavy atom. The minimum atomic E-state index is -0.268. The molecule has 0 aliphatic carbocycles. The number of rotatable bonds is 4. The lowest BCUT2D eigenvalue weighted by molar-refractivity contribution is -0.132. The highest BCUT2D eigenvalue weighted by atomic mass is 32.1. The van der Waals surface area contributed by atoms with E-state index in [9.17, 15) is 9.18 Å².